The first-order valence-corrected chi connectivity index (χ1v) is 11.4. The summed E-state index contributed by atoms with van der Waals surface area (Å²) in [6.07, 6.45) is 3.85. The number of rotatable bonds is 2. The summed E-state index contributed by atoms with van der Waals surface area (Å²) in [4.78, 5) is 9.44. The minimum atomic E-state index is 0.952. The van der Waals surface area contributed by atoms with Crippen LogP contribution in [0.25, 0.3) is 66.2 Å². The van der Waals surface area contributed by atoms with Crippen molar-refractivity contribution in [2.45, 2.75) is 0 Å². The molecule has 4 aromatic carbocycles. The van der Waals surface area contributed by atoms with Crippen molar-refractivity contribution >= 4 is 49.1 Å². The lowest BCUT2D eigenvalue weighted by Crippen LogP contribution is -1.97. The topological polar surface area (TPSA) is 35.1 Å². The van der Waals surface area contributed by atoms with E-state index in [4.69, 9.17) is 4.98 Å². The SMILES string of the molecule is c1ccc(-n2c(-c3ccc4c(c3)c3cccc5c6cnccc6n4c53)nc3ccccc32)cc1. The second kappa shape index (κ2) is 6.42. The van der Waals surface area contributed by atoms with Crippen molar-refractivity contribution in [2.75, 3.05) is 0 Å². The molecule has 0 aliphatic heterocycles. The largest absolute Gasteiger partial charge is 0.308 e. The average Bonchev–Trinajstić information content (AvgIpc) is 3.56. The molecule has 0 aliphatic rings. The molecule has 4 heterocycles. The quantitative estimate of drug-likeness (QED) is 0.287. The summed E-state index contributed by atoms with van der Waals surface area (Å²) in [6, 6.07) is 34.2. The Kier molecular flexibility index (Phi) is 3.36. The second-order valence-corrected chi connectivity index (χ2v) is 8.76. The lowest BCUT2D eigenvalue weighted by atomic mass is 10.1. The molecule has 4 aromatic heterocycles. The number of pyridine rings is 1. The average molecular weight is 435 g/mol. The van der Waals surface area contributed by atoms with Crippen molar-refractivity contribution in [3.63, 3.8) is 0 Å². The van der Waals surface area contributed by atoms with Gasteiger partial charge in [0, 0.05) is 45.2 Å². The third-order valence-corrected chi connectivity index (χ3v) is 6.95. The first-order valence-electron chi connectivity index (χ1n) is 11.4. The maximum absolute atomic E-state index is 5.07. The van der Waals surface area contributed by atoms with Crippen molar-refractivity contribution in [3.8, 4) is 17.1 Å². The molecule has 0 N–H and O–H groups in total. The first-order chi connectivity index (χ1) is 16.9. The normalized spacial score (nSPS) is 12.1. The van der Waals surface area contributed by atoms with Crippen LogP contribution in [0.2, 0.25) is 0 Å². The molecule has 0 amide bonds. The maximum atomic E-state index is 5.07. The Morgan fingerprint density at radius 1 is 0.588 bits per heavy atom. The molecule has 0 unspecified atom stereocenters. The van der Waals surface area contributed by atoms with Crippen LogP contribution in [0.15, 0.2) is 109 Å². The number of para-hydroxylation sites is 4. The zero-order chi connectivity index (χ0) is 22.2. The molecule has 0 bridgehead atoms. The van der Waals surface area contributed by atoms with Crippen LogP contribution in [-0.4, -0.2) is 18.9 Å². The van der Waals surface area contributed by atoms with Gasteiger partial charge in [0.25, 0.3) is 0 Å². The number of nitrogens with zero attached hydrogens (tertiary/aromatic N) is 4. The molecule has 8 aromatic rings. The van der Waals surface area contributed by atoms with Gasteiger partial charge in [0.1, 0.15) is 5.82 Å². The molecule has 4 heteroatoms. The molecule has 8 rings (SSSR count). The van der Waals surface area contributed by atoms with E-state index < -0.39 is 0 Å². The van der Waals surface area contributed by atoms with E-state index in [-0.39, 0.29) is 0 Å². The molecular formula is C30H18N4. The smallest absolute Gasteiger partial charge is 0.145 e. The fourth-order valence-electron chi connectivity index (χ4n) is 5.52. The van der Waals surface area contributed by atoms with Crippen LogP contribution in [0.5, 0.6) is 0 Å². The number of fused-ring (bicyclic) bond motifs is 7. The Morgan fingerprint density at radius 3 is 2.29 bits per heavy atom. The maximum Gasteiger partial charge on any atom is 0.145 e. The predicted molar refractivity (Wildman–Crippen MR) is 139 cm³/mol. The molecule has 0 aliphatic carbocycles. The molecule has 0 atom stereocenters. The van der Waals surface area contributed by atoms with Gasteiger partial charge in [-0.3, -0.25) is 9.55 Å². The van der Waals surface area contributed by atoms with Gasteiger partial charge in [-0.2, -0.15) is 0 Å². The molecule has 4 nitrogen and oxygen atoms in total. The summed E-state index contributed by atoms with van der Waals surface area (Å²) < 4.78 is 4.63. The van der Waals surface area contributed by atoms with E-state index in [1.165, 1.54) is 38.1 Å². The molecule has 0 saturated carbocycles. The zero-order valence-corrected chi connectivity index (χ0v) is 18.2. The third kappa shape index (κ3) is 2.22. The standard InChI is InChI=1S/C30H18N4/c1-2-7-20(8-3-1)33-28-12-5-4-11-25(28)32-30(33)19-13-14-26-23(17-19)21-9-6-10-22-24-18-31-16-15-27(24)34(26)29(21)22/h1-18H. The molecule has 0 spiro atoms. The van der Waals surface area contributed by atoms with E-state index >= 15 is 0 Å². The number of hydrogen-bond acceptors (Lipinski definition) is 2. The van der Waals surface area contributed by atoms with E-state index in [0.717, 1.165) is 28.1 Å². The van der Waals surface area contributed by atoms with Gasteiger partial charge in [-0.05, 0) is 48.5 Å². The summed E-state index contributed by atoms with van der Waals surface area (Å²) in [6.45, 7) is 0. The fraction of sp³-hybridized carbons (Fsp3) is 0. The van der Waals surface area contributed by atoms with Gasteiger partial charge in [0.05, 0.1) is 27.6 Å². The van der Waals surface area contributed by atoms with Crippen LogP contribution in [0.4, 0.5) is 0 Å². The van der Waals surface area contributed by atoms with Gasteiger partial charge in [0.15, 0.2) is 0 Å². The van der Waals surface area contributed by atoms with Gasteiger partial charge < -0.3 is 4.40 Å². The molecule has 34 heavy (non-hydrogen) atoms. The molecule has 158 valence electrons. The van der Waals surface area contributed by atoms with Crippen molar-refractivity contribution in [2.24, 2.45) is 0 Å². The molecule has 0 saturated heterocycles. The highest BCUT2D eigenvalue weighted by molar-refractivity contribution is 6.23. The summed E-state index contributed by atoms with van der Waals surface area (Å²) in [5.41, 5.74) is 7.98. The van der Waals surface area contributed by atoms with Crippen molar-refractivity contribution in [1.82, 2.24) is 18.9 Å². The lowest BCUT2D eigenvalue weighted by Gasteiger charge is -2.10. The molecule has 0 fully saturated rings. The number of aromatic nitrogens is 4. The van der Waals surface area contributed by atoms with E-state index in [1.54, 1.807) is 0 Å². The third-order valence-electron chi connectivity index (χ3n) is 6.95. The number of hydrogen-bond donors (Lipinski definition) is 0. The first kappa shape index (κ1) is 17.8. The van der Waals surface area contributed by atoms with Gasteiger partial charge >= 0.3 is 0 Å². The van der Waals surface area contributed by atoms with Gasteiger partial charge in [-0.1, -0.05) is 48.5 Å². The van der Waals surface area contributed by atoms with Crippen molar-refractivity contribution < 1.29 is 0 Å². The Bertz CT molecular complexity index is 2010. The van der Waals surface area contributed by atoms with Gasteiger partial charge in [0.2, 0.25) is 0 Å². The minimum absolute atomic E-state index is 0.952. The van der Waals surface area contributed by atoms with Gasteiger partial charge in [-0.15, -0.1) is 0 Å². The fourth-order valence-corrected chi connectivity index (χ4v) is 5.52. The van der Waals surface area contributed by atoms with Crippen LogP contribution >= 0.6 is 0 Å². The van der Waals surface area contributed by atoms with Crippen LogP contribution in [0.3, 0.4) is 0 Å². The summed E-state index contributed by atoms with van der Waals surface area (Å²) in [7, 11) is 0. The van der Waals surface area contributed by atoms with E-state index in [2.05, 4.69) is 98.9 Å². The van der Waals surface area contributed by atoms with E-state index in [9.17, 15) is 0 Å². The number of imidazole rings is 1. The highest BCUT2D eigenvalue weighted by Gasteiger charge is 2.19. The van der Waals surface area contributed by atoms with Crippen molar-refractivity contribution in [1.29, 1.82) is 0 Å². The summed E-state index contributed by atoms with van der Waals surface area (Å²) in [5, 5.41) is 4.94. The lowest BCUT2D eigenvalue weighted by molar-refractivity contribution is 1.10. The van der Waals surface area contributed by atoms with Crippen LogP contribution in [-0.2, 0) is 0 Å². The van der Waals surface area contributed by atoms with Gasteiger partial charge in [-0.25, -0.2) is 4.98 Å². The summed E-state index contributed by atoms with van der Waals surface area (Å²) >= 11 is 0. The Morgan fingerprint density at radius 2 is 1.38 bits per heavy atom. The molecular weight excluding hydrogens is 416 g/mol. The Balaban J connectivity index is 1.48. The van der Waals surface area contributed by atoms with E-state index in [0.29, 0.717) is 0 Å². The predicted octanol–water partition coefficient (Wildman–Crippen LogP) is 7.24. The summed E-state index contributed by atoms with van der Waals surface area (Å²) in [5.74, 6) is 0.952. The minimum Gasteiger partial charge on any atom is -0.308 e. The van der Waals surface area contributed by atoms with E-state index in [1.807, 2.05) is 24.5 Å². The van der Waals surface area contributed by atoms with Crippen LogP contribution in [0.1, 0.15) is 0 Å². The highest BCUT2D eigenvalue weighted by Crippen LogP contribution is 2.40. The number of benzene rings is 4. The second-order valence-electron chi connectivity index (χ2n) is 8.76. The monoisotopic (exact) mass is 434 g/mol. The zero-order valence-electron chi connectivity index (χ0n) is 18.2. The van der Waals surface area contributed by atoms with Crippen LogP contribution < -0.4 is 0 Å². The molecule has 0 radical (unpaired) electrons. The highest BCUT2D eigenvalue weighted by atomic mass is 15.1. The Labute approximate surface area is 194 Å². The Hall–Kier alpha value is -4.70. The van der Waals surface area contributed by atoms with Crippen molar-refractivity contribution in [3.05, 3.63) is 109 Å². The van der Waals surface area contributed by atoms with Crippen LogP contribution in [0, 0.1) is 0 Å².